The summed E-state index contributed by atoms with van der Waals surface area (Å²) >= 11 is 0. The molecule has 0 atom stereocenters. The van der Waals surface area contributed by atoms with Crippen LogP contribution in [0.15, 0.2) is 23.1 Å². The molecule has 0 aliphatic rings. The van der Waals surface area contributed by atoms with E-state index in [4.69, 9.17) is 10.5 Å². The Bertz CT molecular complexity index is 500. The van der Waals surface area contributed by atoms with Gasteiger partial charge in [-0.1, -0.05) is 6.07 Å². The maximum atomic E-state index is 11.6. The average Bonchev–Trinajstić information content (AvgIpc) is 2.30. The van der Waals surface area contributed by atoms with Crippen LogP contribution in [-0.4, -0.2) is 41.5 Å². The number of nitrogen functional groups attached to an aromatic ring is 1. The van der Waals surface area contributed by atoms with Gasteiger partial charge < -0.3 is 15.4 Å². The molecule has 0 heterocycles. The van der Waals surface area contributed by atoms with Crippen molar-refractivity contribution < 1.29 is 13.2 Å². The summed E-state index contributed by atoms with van der Waals surface area (Å²) in [5, 5.41) is 0. The summed E-state index contributed by atoms with van der Waals surface area (Å²) < 4.78 is 28.2. The van der Waals surface area contributed by atoms with Crippen LogP contribution in [-0.2, 0) is 14.6 Å². The monoisotopic (exact) mass is 272 g/mol. The van der Waals surface area contributed by atoms with Crippen LogP contribution in [0.3, 0.4) is 0 Å². The molecule has 18 heavy (non-hydrogen) atoms. The highest BCUT2D eigenvalue weighted by Crippen LogP contribution is 2.29. The first-order valence-corrected chi connectivity index (χ1v) is 7.63. The van der Waals surface area contributed by atoms with Crippen molar-refractivity contribution >= 4 is 21.2 Å². The molecule has 1 aromatic carbocycles. The van der Waals surface area contributed by atoms with E-state index in [0.717, 1.165) is 18.5 Å². The van der Waals surface area contributed by atoms with Crippen LogP contribution < -0.4 is 10.6 Å². The van der Waals surface area contributed by atoms with Gasteiger partial charge in [-0.3, -0.25) is 0 Å². The van der Waals surface area contributed by atoms with Gasteiger partial charge in [-0.15, -0.1) is 0 Å². The zero-order valence-electron chi connectivity index (χ0n) is 11.0. The maximum absolute atomic E-state index is 11.6. The normalized spacial score (nSPS) is 11.5. The quantitative estimate of drug-likeness (QED) is 0.786. The zero-order chi connectivity index (χ0) is 13.8. The summed E-state index contributed by atoms with van der Waals surface area (Å²) in [6.07, 6.45) is 1.16. The lowest BCUT2D eigenvalue weighted by Crippen LogP contribution is -2.28. The van der Waals surface area contributed by atoms with E-state index in [-0.39, 0.29) is 4.90 Å². The Morgan fingerprint density at radius 3 is 2.56 bits per heavy atom. The highest BCUT2D eigenvalue weighted by molar-refractivity contribution is 7.90. The van der Waals surface area contributed by atoms with Crippen molar-refractivity contribution in [3.8, 4) is 0 Å². The molecule has 0 amide bonds. The standard InChI is InChI=1S/C12H20N2O3S/c1-4-14(8-9-17-2)10-6-5-7-11(12(10)13)18(3,15)16/h5-7H,4,8-9,13H2,1-3H3. The molecule has 0 radical (unpaired) electrons. The Hall–Kier alpha value is -1.27. The van der Waals surface area contributed by atoms with E-state index in [1.54, 1.807) is 13.2 Å². The van der Waals surface area contributed by atoms with Gasteiger partial charge in [0.25, 0.3) is 0 Å². The van der Waals surface area contributed by atoms with Gasteiger partial charge in [-0.05, 0) is 19.1 Å². The van der Waals surface area contributed by atoms with Crippen LogP contribution in [0, 0.1) is 0 Å². The van der Waals surface area contributed by atoms with Crippen LogP contribution in [0.2, 0.25) is 0 Å². The van der Waals surface area contributed by atoms with E-state index in [1.165, 1.54) is 6.07 Å². The molecule has 0 saturated carbocycles. The van der Waals surface area contributed by atoms with E-state index in [1.807, 2.05) is 17.9 Å². The fraction of sp³-hybridized carbons (Fsp3) is 0.500. The highest BCUT2D eigenvalue weighted by Gasteiger charge is 2.16. The summed E-state index contributed by atoms with van der Waals surface area (Å²) in [5.74, 6) is 0. The van der Waals surface area contributed by atoms with Crippen molar-refractivity contribution in [2.24, 2.45) is 0 Å². The second-order valence-corrected chi connectivity index (χ2v) is 6.02. The number of hydrogen-bond acceptors (Lipinski definition) is 5. The number of para-hydroxylation sites is 1. The van der Waals surface area contributed by atoms with Crippen molar-refractivity contribution in [3.05, 3.63) is 18.2 Å². The topological polar surface area (TPSA) is 72.6 Å². The highest BCUT2D eigenvalue weighted by atomic mass is 32.2. The number of nitrogens with zero attached hydrogens (tertiary/aromatic N) is 1. The largest absolute Gasteiger partial charge is 0.396 e. The van der Waals surface area contributed by atoms with Crippen LogP contribution in [0.1, 0.15) is 6.92 Å². The van der Waals surface area contributed by atoms with Gasteiger partial charge in [-0.2, -0.15) is 0 Å². The summed E-state index contributed by atoms with van der Waals surface area (Å²) in [7, 11) is -1.67. The van der Waals surface area contributed by atoms with E-state index in [0.29, 0.717) is 18.8 Å². The number of benzene rings is 1. The molecular weight excluding hydrogens is 252 g/mol. The Kier molecular flexibility index (Phi) is 4.98. The number of ether oxygens (including phenoxy) is 1. The molecule has 2 N–H and O–H groups in total. The lowest BCUT2D eigenvalue weighted by atomic mass is 10.2. The summed E-state index contributed by atoms with van der Waals surface area (Å²) in [6, 6.07) is 5.05. The maximum Gasteiger partial charge on any atom is 0.177 e. The molecule has 0 spiro atoms. The fourth-order valence-electron chi connectivity index (χ4n) is 1.78. The molecule has 102 valence electrons. The third kappa shape index (κ3) is 3.36. The Morgan fingerprint density at radius 2 is 2.06 bits per heavy atom. The zero-order valence-corrected chi connectivity index (χ0v) is 11.8. The van der Waals surface area contributed by atoms with Crippen molar-refractivity contribution in [2.45, 2.75) is 11.8 Å². The number of sulfone groups is 1. The smallest absolute Gasteiger partial charge is 0.177 e. The second kappa shape index (κ2) is 6.06. The van der Waals surface area contributed by atoms with Gasteiger partial charge in [0.15, 0.2) is 9.84 Å². The van der Waals surface area contributed by atoms with Gasteiger partial charge in [0.2, 0.25) is 0 Å². The summed E-state index contributed by atoms with van der Waals surface area (Å²) in [6.45, 7) is 3.96. The Balaban J connectivity index is 3.17. The molecular formula is C12H20N2O3S. The van der Waals surface area contributed by atoms with Gasteiger partial charge in [0, 0.05) is 26.5 Å². The number of methoxy groups -OCH3 is 1. The lowest BCUT2D eigenvalue weighted by Gasteiger charge is -2.25. The molecule has 1 aromatic rings. The van der Waals surface area contributed by atoms with E-state index in [2.05, 4.69) is 0 Å². The number of rotatable bonds is 6. The van der Waals surface area contributed by atoms with Crippen LogP contribution in [0.5, 0.6) is 0 Å². The van der Waals surface area contributed by atoms with Crippen LogP contribution in [0.25, 0.3) is 0 Å². The predicted octanol–water partition coefficient (Wildman–Crippen LogP) is 1.15. The first-order chi connectivity index (χ1) is 8.41. The molecule has 0 unspecified atom stereocenters. The Morgan fingerprint density at radius 1 is 1.39 bits per heavy atom. The minimum atomic E-state index is -3.30. The first-order valence-electron chi connectivity index (χ1n) is 5.74. The number of nitrogens with two attached hydrogens (primary N) is 1. The van der Waals surface area contributed by atoms with Crippen molar-refractivity contribution in [2.75, 3.05) is 43.7 Å². The average molecular weight is 272 g/mol. The number of hydrogen-bond donors (Lipinski definition) is 1. The van der Waals surface area contributed by atoms with E-state index < -0.39 is 9.84 Å². The number of likely N-dealkylation sites (N-methyl/N-ethyl adjacent to an activating group) is 1. The lowest BCUT2D eigenvalue weighted by molar-refractivity contribution is 0.205. The van der Waals surface area contributed by atoms with Crippen molar-refractivity contribution in [1.29, 1.82) is 0 Å². The van der Waals surface area contributed by atoms with Crippen molar-refractivity contribution in [3.63, 3.8) is 0 Å². The minimum Gasteiger partial charge on any atom is -0.396 e. The van der Waals surface area contributed by atoms with E-state index in [9.17, 15) is 8.42 Å². The third-order valence-electron chi connectivity index (χ3n) is 2.73. The van der Waals surface area contributed by atoms with Crippen LogP contribution >= 0.6 is 0 Å². The molecule has 1 rings (SSSR count). The molecule has 0 fully saturated rings. The first kappa shape index (κ1) is 14.8. The Labute approximate surface area is 108 Å². The second-order valence-electron chi connectivity index (χ2n) is 4.03. The minimum absolute atomic E-state index is 0.177. The number of anilines is 2. The molecule has 0 aromatic heterocycles. The van der Waals surface area contributed by atoms with Crippen molar-refractivity contribution in [1.82, 2.24) is 0 Å². The molecule has 6 heteroatoms. The molecule has 0 saturated heterocycles. The molecule has 0 aliphatic carbocycles. The third-order valence-corrected chi connectivity index (χ3v) is 3.89. The predicted molar refractivity (Wildman–Crippen MR) is 73.7 cm³/mol. The van der Waals surface area contributed by atoms with Gasteiger partial charge >= 0.3 is 0 Å². The SMILES string of the molecule is CCN(CCOC)c1cccc(S(C)(=O)=O)c1N. The summed E-state index contributed by atoms with van der Waals surface area (Å²) in [4.78, 5) is 2.17. The molecule has 0 bridgehead atoms. The van der Waals surface area contributed by atoms with Gasteiger partial charge in [0.05, 0.1) is 22.9 Å². The van der Waals surface area contributed by atoms with Gasteiger partial charge in [0.1, 0.15) is 0 Å². The van der Waals surface area contributed by atoms with E-state index >= 15 is 0 Å². The van der Waals surface area contributed by atoms with Crippen LogP contribution in [0.4, 0.5) is 11.4 Å². The molecule has 0 aliphatic heterocycles. The fourth-order valence-corrected chi connectivity index (χ4v) is 2.61. The molecule has 5 nitrogen and oxygen atoms in total. The summed E-state index contributed by atoms with van der Waals surface area (Å²) in [5.41, 5.74) is 6.99. The van der Waals surface area contributed by atoms with Gasteiger partial charge in [-0.25, -0.2) is 8.42 Å².